The van der Waals surface area contributed by atoms with Gasteiger partial charge in [-0.25, -0.2) is 0 Å². The molecule has 0 aromatic heterocycles. The van der Waals surface area contributed by atoms with Crippen molar-refractivity contribution in [3.05, 3.63) is 29.3 Å². The molecule has 1 aliphatic rings. The van der Waals surface area contributed by atoms with Crippen molar-refractivity contribution in [3.63, 3.8) is 0 Å². The van der Waals surface area contributed by atoms with Crippen LogP contribution in [0.5, 0.6) is 0 Å². The number of halogens is 6. The maximum atomic E-state index is 12.9. The summed E-state index contributed by atoms with van der Waals surface area (Å²) >= 11 is 0. The van der Waals surface area contributed by atoms with Crippen LogP contribution in [0, 0.1) is 5.92 Å². The number of alkyl halides is 6. The summed E-state index contributed by atoms with van der Waals surface area (Å²) in [7, 11) is 0. The van der Waals surface area contributed by atoms with Gasteiger partial charge in [0.25, 0.3) is 0 Å². The molecular weight excluding hydrogens is 428 g/mol. The van der Waals surface area contributed by atoms with E-state index in [1.165, 1.54) is 0 Å². The summed E-state index contributed by atoms with van der Waals surface area (Å²) in [5.74, 6) is -0.915. The van der Waals surface area contributed by atoms with Crippen LogP contribution in [0.2, 0.25) is 0 Å². The zero-order chi connectivity index (χ0) is 23.6. The predicted octanol–water partition coefficient (Wildman–Crippen LogP) is 4.42. The predicted molar refractivity (Wildman–Crippen MR) is 102 cm³/mol. The fraction of sp³-hybridized carbons (Fsp3) is 0.600. The van der Waals surface area contributed by atoms with E-state index in [1.807, 2.05) is 0 Å². The van der Waals surface area contributed by atoms with Crippen molar-refractivity contribution < 1.29 is 35.9 Å². The second-order valence-electron chi connectivity index (χ2n) is 8.54. The van der Waals surface area contributed by atoms with Gasteiger partial charge < -0.3 is 16.0 Å². The number of likely N-dealkylation sites (tertiary alicyclic amines) is 1. The first-order valence-electron chi connectivity index (χ1n) is 9.70. The number of rotatable bonds is 5. The number of hydrogen-bond acceptors (Lipinski definition) is 3. The van der Waals surface area contributed by atoms with E-state index in [2.05, 4.69) is 5.32 Å². The van der Waals surface area contributed by atoms with Crippen LogP contribution in [0.4, 0.5) is 32.0 Å². The van der Waals surface area contributed by atoms with Crippen molar-refractivity contribution in [3.8, 4) is 0 Å². The third-order valence-electron chi connectivity index (χ3n) is 4.92. The van der Waals surface area contributed by atoms with E-state index in [-0.39, 0.29) is 30.7 Å². The number of piperidine rings is 1. The summed E-state index contributed by atoms with van der Waals surface area (Å²) in [5.41, 5.74) is 1.65. The van der Waals surface area contributed by atoms with Crippen LogP contribution in [0.15, 0.2) is 18.2 Å². The molecule has 0 unspecified atom stereocenters. The molecule has 1 fully saturated rings. The number of carbonyl (C=O) groups is 2. The number of carbonyl (C=O) groups excluding carboxylic acids is 2. The molecule has 174 valence electrons. The Morgan fingerprint density at radius 1 is 1.00 bits per heavy atom. The molecular formula is C20H25F6N3O2. The highest BCUT2D eigenvalue weighted by Crippen LogP contribution is 2.37. The Balaban J connectivity index is 1.98. The van der Waals surface area contributed by atoms with Gasteiger partial charge >= 0.3 is 12.4 Å². The van der Waals surface area contributed by atoms with Crippen LogP contribution >= 0.6 is 0 Å². The highest BCUT2D eigenvalue weighted by molar-refractivity contribution is 5.91. The van der Waals surface area contributed by atoms with Gasteiger partial charge in [0, 0.05) is 37.2 Å². The minimum atomic E-state index is -4.99. The van der Waals surface area contributed by atoms with E-state index >= 15 is 0 Å². The van der Waals surface area contributed by atoms with E-state index in [0.717, 1.165) is 0 Å². The Hall–Kier alpha value is -2.30. The quantitative estimate of drug-likeness (QED) is 0.649. The summed E-state index contributed by atoms with van der Waals surface area (Å²) in [4.78, 5) is 26.1. The second-order valence-corrected chi connectivity index (χ2v) is 8.54. The van der Waals surface area contributed by atoms with Gasteiger partial charge in [0.15, 0.2) is 0 Å². The average molecular weight is 453 g/mol. The monoisotopic (exact) mass is 453 g/mol. The lowest BCUT2D eigenvalue weighted by Gasteiger charge is -2.33. The van der Waals surface area contributed by atoms with Crippen LogP contribution in [0.3, 0.4) is 0 Å². The van der Waals surface area contributed by atoms with Crippen LogP contribution in [0.25, 0.3) is 0 Å². The highest BCUT2D eigenvalue weighted by Gasteiger charge is 2.37. The first kappa shape index (κ1) is 25.0. The van der Waals surface area contributed by atoms with Crippen molar-refractivity contribution in [2.75, 3.05) is 18.4 Å². The summed E-state index contributed by atoms with van der Waals surface area (Å²) < 4.78 is 77.6. The molecule has 31 heavy (non-hydrogen) atoms. The number of anilines is 1. The van der Waals surface area contributed by atoms with Gasteiger partial charge in [0.2, 0.25) is 11.8 Å². The van der Waals surface area contributed by atoms with E-state index in [0.29, 0.717) is 38.1 Å². The Morgan fingerprint density at radius 2 is 1.48 bits per heavy atom. The Morgan fingerprint density at radius 3 is 1.90 bits per heavy atom. The van der Waals surface area contributed by atoms with Crippen molar-refractivity contribution in [1.29, 1.82) is 0 Å². The molecule has 1 aliphatic heterocycles. The largest absolute Gasteiger partial charge is 0.416 e. The molecule has 0 spiro atoms. The van der Waals surface area contributed by atoms with E-state index in [9.17, 15) is 35.9 Å². The molecule has 0 saturated carbocycles. The SMILES string of the molecule is CC(C)(N)CC(=O)N1CCC(CC(=O)Nc2cc(C(F)(F)F)cc(C(F)(F)F)c2)CC1. The smallest absolute Gasteiger partial charge is 0.343 e. The number of hydrogen-bond donors (Lipinski definition) is 2. The van der Waals surface area contributed by atoms with Gasteiger partial charge in [-0.15, -0.1) is 0 Å². The Bertz CT molecular complexity index is 774. The Labute approximate surface area is 176 Å². The zero-order valence-corrected chi connectivity index (χ0v) is 17.2. The molecule has 0 atom stereocenters. The van der Waals surface area contributed by atoms with E-state index < -0.39 is 40.6 Å². The lowest BCUT2D eigenvalue weighted by atomic mass is 9.92. The maximum Gasteiger partial charge on any atom is 0.416 e. The molecule has 1 saturated heterocycles. The number of nitrogens with one attached hydrogen (secondary N) is 1. The molecule has 2 rings (SSSR count). The minimum Gasteiger partial charge on any atom is -0.343 e. The lowest BCUT2D eigenvalue weighted by molar-refractivity contribution is -0.143. The van der Waals surface area contributed by atoms with Crippen molar-refractivity contribution in [2.24, 2.45) is 11.7 Å². The third-order valence-corrected chi connectivity index (χ3v) is 4.92. The number of benzene rings is 1. The summed E-state index contributed by atoms with van der Waals surface area (Å²) in [5, 5.41) is 2.14. The van der Waals surface area contributed by atoms with Crippen molar-refractivity contribution >= 4 is 17.5 Å². The van der Waals surface area contributed by atoms with Gasteiger partial charge in [-0.05, 0) is 50.8 Å². The molecule has 3 N–H and O–H groups in total. The number of amides is 2. The fourth-order valence-electron chi connectivity index (χ4n) is 3.39. The maximum absolute atomic E-state index is 12.9. The molecule has 0 bridgehead atoms. The molecule has 1 heterocycles. The van der Waals surface area contributed by atoms with Crippen LogP contribution in [-0.2, 0) is 21.9 Å². The minimum absolute atomic E-state index is 0.00498. The number of nitrogens with two attached hydrogens (primary N) is 1. The van der Waals surface area contributed by atoms with Gasteiger partial charge in [0.1, 0.15) is 0 Å². The van der Waals surface area contributed by atoms with Gasteiger partial charge in [-0.3, -0.25) is 9.59 Å². The standard InChI is InChI=1S/C20H25F6N3O2/c1-18(2,27)11-17(31)29-5-3-12(4-6-29)7-16(30)28-15-9-13(19(21,22)23)8-14(10-15)20(24,25)26/h8-10,12H,3-7,11,27H2,1-2H3,(H,28,30). The first-order valence-corrected chi connectivity index (χ1v) is 9.70. The fourth-order valence-corrected chi connectivity index (χ4v) is 3.39. The molecule has 1 aromatic rings. The van der Waals surface area contributed by atoms with E-state index in [4.69, 9.17) is 5.73 Å². The zero-order valence-electron chi connectivity index (χ0n) is 17.2. The third kappa shape index (κ3) is 7.71. The van der Waals surface area contributed by atoms with Crippen LogP contribution in [0.1, 0.15) is 50.7 Å². The van der Waals surface area contributed by atoms with E-state index in [1.54, 1.807) is 18.7 Å². The van der Waals surface area contributed by atoms with Crippen molar-refractivity contribution in [1.82, 2.24) is 4.90 Å². The molecule has 0 radical (unpaired) electrons. The lowest BCUT2D eigenvalue weighted by Crippen LogP contribution is -2.44. The summed E-state index contributed by atoms with van der Waals surface area (Å²) in [6, 6.07) is 0.955. The molecule has 2 amide bonds. The molecule has 11 heteroatoms. The van der Waals surface area contributed by atoms with Gasteiger partial charge in [-0.2, -0.15) is 26.3 Å². The first-order chi connectivity index (χ1) is 14.0. The second kappa shape index (κ2) is 9.05. The summed E-state index contributed by atoms with van der Waals surface area (Å²) in [6.45, 7) is 4.29. The van der Waals surface area contributed by atoms with Gasteiger partial charge in [0.05, 0.1) is 11.1 Å². The van der Waals surface area contributed by atoms with Gasteiger partial charge in [-0.1, -0.05) is 0 Å². The Kier molecular flexibility index (Phi) is 7.29. The topological polar surface area (TPSA) is 75.4 Å². The molecule has 5 nitrogen and oxygen atoms in total. The number of nitrogens with zero attached hydrogens (tertiary/aromatic N) is 1. The summed E-state index contributed by atoms with van der Waals surface area (Å²) in [6.07, 6.45) is -8.87. The van der Waals surface area contributed by atoms with Crippen molar-refractivity contribution in [2.45, 2.75) is 57.4 Å². The highest BCUT2D eigenvalue weighted by atomic mass is 19.4. The molecule has 0 aliphatic carbocycles. The van der Waals surface area contributed by atoms with Crippen LogP contribution < -0.4 is 11.1 Å². The van der Waals surface area contributed by atoms with Crippen LogP contribution in [-0.4, -0.2) is 35.3 Å². The normalized spacial score (nSPS) is 16.4. The molecule has 1 aromatic carbocycles. The average Bonchev–Trinajstić information content (AvgIpc) is 2.59.